The number of imidazole rings is 1. The number of hydrogen-bond donors (Lipinski definition) is 0. The first-order valence-electron chi connectivity index (χ1n) is 9.69. The van der Waals surface area contributed by atoms with E-state index >= 15 is 0 Å². The lowest BCUT2D eigenvalue weighted by atomic mass is 10.1. The third-order valence-corrected chi connectivity index (χ3v) is 5.83. The van der Waals surface area contributed by atoms with Crippen LogP contribution in [0.15, 0.2) is 58.6 Å². The second-order valence-corrected chi connectivity index (χ2v) is 7.60. The van der Waals surface area contributed by atoms with Crippen LogP contribution in [0.2, 0.25) is 0 Å². The largest absolute Gasteiger partial charge is 0.317 e. The summed E-state index contributed by atoms with van der Waals surface area (Å²) in [7, 11) is 0. The Morgan fingerprint density at radius 1 is 0.962 bits per heavy atom. The average Bonchev–Trinajstić information content (AvgIpc) is 3.02. The monoisotopic (exact) mass is 367 g/mol. The van der Waals surface area contributed by atoms with Gasteiger partial charge in [-0.15, -0.1) is 0 Å². The standard InChI is InChI=1S/C22H29N3S/c1-4-9-18-12-14-19(15-13-18)26-22-23-20-10-7-8-11-21(20)25(22)17-16-24(5-2)6-3/h7-8,10-15H,4-6,9,16-17H2,1-3H3. The molecular formula is C22H29N3S. The van der Waals surface area contributed by atoms with Crippen LogP contribution in [0, 0.1) is 0 Å². The van der Waals surface area contributed by atoms with Crippen molar-refractivity contribution in [3.63, 3.8) is 0 Å². The van der Waals surface area contributed by atoms with Gasteiger partial charge in [-0.05, 0) is 49.3 Å². The molecule has 0 fully saturated rings. The van der Waals surface area contributed by atoms with E-state index in [1.807, 2.05) is 0 Å². The van der Waals surface area contributed by atoms with Gasteiger partial charge in [-0.1, -0.05) is 63.2 Å². The van der Waals surface area contributed by atoms with E-state index in [2.05, 4.69) is 78.8 Å². The van der Waals surface area contributed by atoms with Crippen LogP contribution in [-0.4, -0.2) is 34.1 Å². The molecular weight excluding hydrogens is 338 g/mol. The maximum Gasteiger partial charge on any atom is 0.173 e. The second-order valence-electron chi connectivity index (χ2n) is 6.56. The normalized spacial score (nSPS) is 11.5. The first-order valence-corrected chi connectivity index (χ1v) is 10.5. The summed E-state index contributed by atoms with van der Waals surface area (Å²) in [5.41, 5.74) is 3.72. The number of hydrogen-bond acceptors (Lipinski definition) is 3. The summed E-state index contributed by atoms with van der Waals surface area (Å²) in [4.78, 5) is 8.62. The molecule has 0 atom stereocenters. The zero-order valence-electron chi connectivity index (χ0n) is 16.1. The van der Waals surface area contributed by atoms with Gasteiger partial charge in [0, 0.05) is 18.0 Å². The molecule has 3 aromatic rings. The number of aromatic nitrogens is 2. The lowest BCUT2D eigenvalue weighted by molar-refractivity contribution is 0.288. The van der Waals surface area contributed by atoms with E-state index in [-0.39, 0.29) is 0 Å². The van der Waals surface area contributed by atoms with Crippen molar-refractivity contribution < 1.29 is 0 Å². The third-order valence-electron chi connectivity index (χ3n) is 4.82. The molecule has 0 aliphatic carbocycles. The van der Waals surface area contributed by atoms with Gasteiger partial charge >= 0.3 is 0 Å². The van der Waals surface area contributed by atoms with Crippen molar-refractivity contribution in [3.8, 4) is 0 Å². The molecule has 0 saturated carbocycles. The molecule has 0 unspecified atom stereocenters. The van der Waals surface area contributed by atoms with E-state index in [1.165, 1.54) is 22.4 Å². The Kier molecular flexibility index (Phi) is 6.75. The molecule has 3 rings (SSSR count). The molecule has 0 spiro atoms. The van der Waals surface area contributed by atoms with Gasteiger partial charge in [-0.2, -0.15) is 0 Å². The highest BCUT2D eigenvalue weighted by molar-refractivity contribution is 7.99. The minimum atomic E-state index is 0.971. The Bertz CT molecular complexity index is 819. The van der Waals surface area contributed by atoms with Gasteiger partial charge in [0.1, 0.15) is 0 Å². The third kappa shape index (κ3) is 4.49. The van der Waals surface area contributed by atoms with Crippen LogP contribution >= 0.6 is 11.8 Å². The zero-order valence-corrected chi connectivity index (χ0v) is 16.9. The van der Waals surface area contributed by atoms with Crippen LogP contribution in [0.1, 0.15) is 32.8 Å². The van der Waals surface area contributed by atoms with Crippen molar-refractivity contribution in [1.82, 2.24) is 14.5 Å². The lowest BCUT2D eigenvalue weighted by Crippen LogP contribution is -2.27. The highest BCUT2D eigenvalue weighted by atomic mass is 32.2. The Morgan fingerprint density at radius 3 is 2.38 bits per heavy atom. The molecule has 3 nitrogen and oxygen atoms in total. The van der Waals surface area contributed by atoms with Gasteiger partial charge in [0.2, 0.25) is 0 Å². The number of para-hydroxylation sites is 2. The molecule has 0 saturated heterocycles. The highest BCUT2D eigenvalue weighted by Gasteiger charge is 2.12. The van der Waals surface area contributed by atoms with Crippen molar-refractivity contribution >= 4 is 22.8 Å². The predicted octanol–water partition coefficient (Wildman–Crippen LogP) is 5.48. The Balaban J connectivity index is 1.85. The van der Waals surface area contributed by atoms with Crippen LogP contribution in [0.25, 0.3) is 11.0 Å². The number of likely N-dealkylation sites (N-methyl/N-ethyl adjacent to an activating group) is 1. The Labute approximate surface area is 161 Å². The van der Waals surface area contributed by atoms with E-state index in [1.54, 1.807) is 11.8 Å². The van der Waals surface area contributed by atoms with Gasteiger partial charge < -0.3 is 9.47 Å². The van der Waals surface area contributed by atoms with Crippen LogP contribution < -0.4 is 0 Å². The van der Waals surface area contributed by atoms with Crippen molar-refractivity contribution in [2.45, 2.75) is 50.2 Å². The van der Waals surface area contributed by atoms with E-state index in [0.29, 0.717) is 0 Å². The average molecular weight is 368 g/mol. The molecule has 4 heteroatoms. The fourth-order valence-corrected chi connectivity index (χ4v) is 4.17. The summed E-state index contributed by atoms with van der Waals surface area (Å²) in [6, 6.07) is 17.4. The molecule has 26 heavy (non-hydrogen) atoms. The molecule has 0 aliphatic rings. The van der Waals surface area contributed by atoms with Crippen molar-refractivity contribution in [2.75, 3.05) is 19.6 Å². The Morgan fingerprint density at radius 2 is 1.69 bits per heavy atom. The molecule has 0 N–H and O–H groups in total. The quantitative estimate of drug-likeness (QED) is 0.499. The number of rotatable bonds is 9. The first-order chi connectivity index (χ1) is 12.7. The molecule has 0 aliphatic heterocycles. The fraction of sp³-hybridized carbons (Fsp3) is 0.409. The Hall–Kier alpha value is -1.78. The maximum absolute atomic E-state index is 4.90. The van der Waals surface area contributed by atoms with E-state index in [0.717, 1.165) is 43.3 Å². The summed E-state index contributed by atoms with van der Waals surface area (Å²) < 4.78 is 2.37. The van der Waals surface area contributed by atoms with Gasteiger partial charge in [0.25, 0.3) is 0 Å². The minimum Gasteiger partial charge on any atom is -0.317 e. The molecule has 0 amide bonds. The van der Waals surface area contributed by atoms with Crippen LogP contribution in [0.4, 0.5) is 0 Å². The number of benzene rings is 2. The van der Waals surface area contributed by atoms with E-state index < -0.39 is 0 Å². The number of fused-ring (bicyclic) bond motifs is 1. The number of aryl methyl sites for hydroxylation is 1. The van der Waals surface area contributed by atoms with Gasteiger partial charge in [0.15, 0.2) is 5.16 Å². The van der Waals surface area contributed by atoms with Gasteiger partial charge in [-0.3, -0.25) is 0 Å². The fourth-order valence-electron chi connectivity index (χ4n) is 3.25. The summed E-state index contributed by atoms with van der Waals surface area (Å²) in [5, 5.41) is 1.08. The van der Waals surface area contributed by atoms with Crippen molar-refractivity contribution in [2.24, 2.45) is 0 Å². The van der Waals surface area contributed by atoms with Gasteiger partial charge in [-0.25, -0.2) is 4.98 Å². The number of nitrogens with zero attached hydrogens (tertiary/aromatic N) is 3. The van der Waals surface area contributed by atoms with E-state index in [9.17, 15) is 0 Å². The van der Waals surface area contributed by atoms with Crippen LogP contribution in [0.5, 0.6) is 0 Å². The maximum atomic E-state index is 4.90. The minimum absolute atomic E-state index is 0.971. The summed E-state index contributed by atoms with van der Waals surface area (Å²) in [6.07, 6.45) is 2.33. The molecule has 2 aromatic carbocycles. The van der Waals surface area contributed by atoms with E-state index in [4.69, 9.17) is 4.98 Å². The second kappa shape index (κ2) is 9.24. The summed E-state index contributed by atoms with van der Waals surface area (Å²) in [6.45, 7) is 10.9. The lowest BCUT2D eigenvalue weighted by Gasteiger charge is -2.19. The molecule has 0 radical (unpaired) electrons. The molecule has 0 bridgehead atoms. The smallest absolute Gasteiger partial charge is 0.173 e. The topological polar surface area (TPSA) is 21.1 Å². The SMILES string of the molecule is CCCc1ccc(Sc2nc3ccccc3n2CCN(CC)CC)cc1. The van der Waals surface area contributed by atoms with Crippen molar-refractivity contribution in [1.29, 1.82) is 0 Å². The molecule has 1 aromatic heterocycles. The van der Waals surface area contributed by atoms with Crippen LogP contribution in [0.3, 0.4) is 0 Å². The van der Waals surface area contributed by atoms with Gasteiger partial charge in [0.05, 0.1) is 11.0 Å². The summed E-state index contributed by atoms with van der Waals surface area (Å²) in [5.74, 6) is 0. The van der Waals surface area contributed by atoms with Crippen LogP contribution in [-0.2, 0) is 13.0 Å². The highest BCUT2D eigenvalue weighted by Crippen LogP contribution is 2.30. The predicted molar refractivity (Wildman–Crippen MR) is 112 cm³/mol. The zero-order chi connectivity index (χ0) is 18.4. The first kappa shape index (κ1) is 19.0. The molecule has 138 valence electrons. The molecule has 1 heterocycles. The van der Waals surface area contributed by atoms with Crippen molar-refractivity contribution in [3.05, 3.63) is 54.1 Å². The summed E-state index contributed by atoms with van der Waals surface area (Å²) >= 11 is 1.77.